The molecule has 0 saturated carbocycles. The molecule has 0 radical (unpaired) electrons. The first-order valence-electron chi connectivity index (χ1n) is 3.28. The van der Waals surface area contributed by atoms with Crippen molar-refractivity contribution in [1.29, 1.82) is 0 Å². The van der Waals surface area contributed by atoms with Crippen molar-refractivity contribution in [2.24, 2.45) is 0 Å². The van der Waals surface area contributed by atoms with Gasteiger partial charge in [0.25, 0.3) is 0 Å². The lowest BCUT2D eigenvalue weighted by atomic mass is 10.4. The Kier molecular flexibility index (Phi) is 1.72. The second kappa shape index (κ2) is 2.42. The van der Waals surface area contributed by atoms with Crippen LogP contribution in [-0.2, 0) is 14.3 Å². The Bertz CT molecular complexity index is 203. The van der Waals surface area contributed by atoms with Gasteiger partial charge in [0, 0.05) is 19.9 Å². The molecule has 3 nitrogen and oxygen atoms in total. The third-order valence-corrected chi connectivity index (χ3v) is 1.13. The normalized spacial score (nSPS) is 22.0. The minimum Gasteiger partial charge on any atom is -0.453 e. The topological polar surface area (TPSA) is 35.5 Å². The van der Waals surface area contributed by atoms with Crippen LogP contribution in [0.3, 0.4) is 0 Å². The number of carbonyl (C=O) groups is 1. The summed E-state index contributed by atoms with van der Waals surface area (Å²) in [5.74, 6) is -0.882. The minimum absolute atomic E-state index is 0.409. The lowest BCUT2D eigenvalue weighted by Crippen LogP contribution is -2.28. The van der Waals surface area contributed by atoms with Gasteiger partial charge in [-0.05, 0) is 6.08 Å². The number of cyclic esters (lactones) is 1. The first-order valence-corrected chi connectivity index (χ1v) is 3.28. The summed E-state index contributed by atoms with van der Waals surface area (Å²) in [5.41, 5.74) is 0. The van der Waals surface area contributed by atoms with Gasteiger partial charge in [0.1, 0.15) is 5.76 Å². The highest BCUT2D eigenvalue weighted by Crippen LogP contribution is 2.19. The maximum Gasteiger partial charge on any atom is 0.334 e. The molecule has 0 saturated heterocycles. The van der Waals surface area contributed by atoms with Gasteiger partial charge in [0.05, 0.1) is 0 Å². The number of carbonyl (C=O) groups excluding carboxylic acids is 1. The quantitative estimate of drug-likeness (QED) is 0.494. The molecule has 1 heterocycles. The monoisotopic (exact) mass is 154 g/mol. The van der Waals surface area contributed by atoms with Crippen LogP contribution in [0.1, 0.15) is 13.8 Å². The summed E-state index contributed by atoms with van der Waals surface area (Å²) in [7, 11) is 0. The molecule has 1 aliphatic heterocycles. The Morgan fingerprint density at radius 3 is 2.64 bits per heavy atom. The fourth-order valence-electron chi connectivity index (χ4n) is 0.808. The molecule has 0 aromatic heterocycles. The lowest BCUT2D eigenvalue weighted by Gasteiger charge is -2.23. The van der Waals surface area contributed by atoms with Crippen molar-refractivity contribution in [2.75, 3.05) is 0 Å². The molecule has 0 aliphatic carbocycles. The Morgan fingerprint density at radius 1 is 1.36 bits per heavy atom. The van der Waals surface area contributed by atoms with Gasteiger partial charge in [-0.3, -0.25) is 0 Å². The van der Waals surface area contributed by atoms with E-state index in [1.165, 1.54) is 12.2 Å². The highest BCUT2D eigenvalue weighted by molar-refractivity contribution is 5.83. The zero-order valence-electron chi connectivity index (χ0n) is 6.59. The van der Waals surface area contributed by atoms with Crippen LogP contribution < -0.4 is 0 Å². The summed E-state index contributed by atoms with van der Waals surface area (Å²) in [6, 6.07) is 0. The van der Waals surface area contributed by atoms with Crippen LogP contribution in [0.4, 0.5) is 0 Å². The molecule has 0 N–H and O–H groups in total. The van der Waals surface area contributed by atoms with Crippen LogP contribution >= 0.6 is 0 Å². The molecular weight excluding hydrogens is 144 g/mol. The largest absolute Gasteiger partial charge is 0.453 e. The van der Waals surface area contributed by atoms with Gasteiger partial charge >= 0.3 is 5.97 Å². The van der Waals surface area contributed by atoms with E-state index in [0.29, 0.717) is 5.76 Å². The van der Waals surface area contributed by atoms with Crippen molar-refractivity contribution in [3.05, 3.63) is 24.5 Å². The number of esters is 1. The van der Waals surface area contributed by atoms with Crippen LogP contribution in [0.2, 0.25) is 0 Å². The van der Waals surface area contributed by atoms with Gasteiger partial charge in [-0.1, -0.05) is 6.58 Å². The van der Waals surface area contributed by atoms with E-state index in [1.54, 1.807) is 13.8 Å². The van der Waals surface area contributed by atoms with Crippen LogP contribution in [0.5, 0.6) is 0 Å². The first-order chi connectivity index (χ1) is 4.99. The molecule has 1 aliphatic rings. The summed E-state index contributed by atoms with van der Waals surface area (Å²) < 4.78 is 10.0. The predicted molar refractivity (Wildman–Crippen MR) is 39.5 cm³/mol. The van der Waals surface area contributed by atoms with E-state index in [-0.39, 0.29) is 0 Å². The van der Waals surface area contributed by atoms with Gasteiger partial charge < -0.3 is 9.47 Å². The van der Waals surface area contributed by atoms with Crippen LogP contribution in [0, 0.1) is 0 Å². The molecule has 0 fully saturated rings. The number of hydrogen-bond donors (Lipinski definition) is 0. The minimum atomic E-state index is -0.905. The number of rotatable bonds is 0. The third-order valence-electron chi connectivity index (χ3n) is 1.13. The second-order valence-electron chi connectivity index (χ2n) is 2.72. The Hall–Kier alpha value is -1.25. The maximum absolute atomic E-state index is 10.8. The molecule has 11 heavy (non-hydrogen) atoms. The SMILES string of the molecule is C=C1C=CC(=O)OC(C)(C)O1. The van der Waals surface area contributed by atoms with Gasteiger partial charge in [-0.25, -0.2) is 4.79 Å². The molecule has 1 rings (SSSR count). The number of hydrogen-bond acceptors (Lipinski definition) is 3. The van der Waals surface area contributed by atoms with E-state index < -0.39 is 11.8 Å². The zero-order valence-corrected chi connectivity index (χ0v) is 6.59. The molecule has 0 aromatic rings. The molecule has 0 amide bonds. The standard InChI is InChI=1S/C8H10O3/c1-6-4-5-7(9)11-8(2,3)10-6/h4-5H,1H2,2-3H3. The van der Waals surface area contributed by atoms with Gasteiger partial charge in [-0.2, -0.15) is 0 Å². The van der Waals surface area contributed by atoms with Gasteiger partial charge in [-0.15, -0.1) is 0 Å². The van der Waals surface area contributed by atoms with Crippen molar-refractivity contribution < 1.29 is 14.3 Å². The highest BCUT2D eigenvalue weighted by atomic mass is 16.7. The molecule has 60 valence electrons. The fraction of sp³-hybridized carbons (Fsp3) is 0.375. The summed E-state index contributed by atoms with van der Waals surface area (Å²) >= 11 is 0. The van der Waals surface area contributed by atoms with Crippen LogP contribution in [-0.4, -0.2) is 11.8 Å². The molecule has 0 aromatic carbocycles. The van der Waals surface area contributed by atoms with Crippen molar-refractivity contribution in [3.8, 4) is 0 Å². The van der Waals surface area contributed by atoms with Crippen LogP contribution in [0.15, 0.2) is 24.5 Å². The average Bonchev–Trinajstić information content (AvgIpc) is 1.89. The first kappa shape index (κ1) is 7.85. The summed E-state index contributed by atoms with van der Waals surface area (Å²) in [5, 5.41) is 0. The van der Waals surface area contributed by atoms with Crippen LogP contribution in [0.25, 0.3) is 0 Å². The van der Waals surface area contributed by atoms with E-state index >= 15 is 0 Å². The summed E-state index contributed by atoms with van der Waals surface area (Å²) in [6.07, 6.45) is 2.77. The molecule has 0 spiro atoms. The van der Waals surface area contributed by atoms with E-state index in [9.17, 15) is 4.79 Å². The third kappa shape index (κ3) is 2.11. The van der Waals surface area contributed by atoms with Gasteiger partial charge in [0.15, 0.2) is 0 Å². The van der Waals surface area contributed by atoms with Crippen molar-refractivity contribution in [1.82, 2.24) is 0 Å². The van der Waals surface area contributed by atoms with Crippen molar-refractivity contribution in [2.45, 2.75) is 19.6 Å². The number of allylic oxidation sites excluding steroid dienone is 1. The summed E-state index contributed by atoms with van der Waals surface area (Å²) in [6.45, 7) is 6.87. The Morgan fingerprint density at radius 2 is 2.00 bits per heavy atom. The fourth-order valence-corrected chi connectivity index (χ4v) is 0.808. The molecule has 3 heteroatoms. The summed E-state index contributed by atoms with van der Waals surface area (Å²) in [4.78, 5) is 10.8. The Balaban J connectivity index is 2.82. The predicted octanol–water partition coefficient (Wildman–Crippen LogP) is 1.37. The highest BCUT2D eigenvalue weighted by Gasteiger charge is 2.25. The van der Waals surface area contributed by atoms with E-state index in [1.807, 2.05) is 0 Å². The van der Waals surface area contributed by atoms with Crippen molar-refractivity contribution >= 4 is 5.97 Å². The smallest absolute Gasteiger partial charge is 0.334 e. The molecule has 0 unspecified atom stereocenters. The lowest BCUT2D eigenvalue weighted by molar-refractivity contribution is -0.192. The molecular formula is C8H10O3. The average molecular weight is 154 g/mol. The number of ether oxygens (including phenoxy) is 2. The molecule has 0 bridgehead atoms. The molecule has 0 atom stereocenters. The van der Waals surface area contributed by atoms with Gasteiger partial charge in [0.2, 0.25) is 5.79 Å². The zero-order chi connectivity index (χ0) is 8.48. The van der Waals surface area contributed by atoms with Crippen molar-refractivity contribution in [3.63, 3.8) is 0 Å². The maximum atomic E-state index is 10.8. The van der Waals surface area contributed by atoms with E-state index in [0.717, 1.165) is 0 Å². The van der Waals surface area contributed by atoms with E-state index in [2.05, 4.69) is 6.58 Å². The second-order valence-corrected chi connectivity index (χ2v) is 2.72. The van der Waals surface area contributed by atoms with E-state index in [4.69, 9.17) is 9.47 Å². The Labute approximate surface area is 65.3 Å².